The second kappa shape index (κ2) is 5.92. The monoisotopic (exact) mass is 250 g/mol. The van der Waals surface area contributed by atoms with Crippen molar-refractivity contribution in [1.82, 2.24) is 0 Å². The van der Waals surface area contributed by atoms with E-state index >= 15 is 0 Å². The van der Waals surface area contributed by atoms with E-state index in [9.17, 15) is 5.11 Å². The number of aliphatic hydroxyl groups is 1. The van der Waals surface area contributed by atoms with Crippen LogP contribution in [0.25, 0.3) is 0 Å². The molecule has 1 aliphatic carbocycles. The lowest BCUT2D eigenvalue weighted by atomic mass is 9.78. The Morgan fingerprint density at radius 2 is 2.06 bits per heavy atom. The molecule has 0 amide bonds. The van der Waals surface area contributed by atoms with E-state index in [4.69, 9.17) is 0 Å². The molecule has 0 spiro atoms. The van der Waals surface area contributed by atoms with Gasteiger partial charge in [0.05, 0.1) is 6.10 Å². The first-order chi connectivity index (χ1) is 8.22. The van der Waals surface area contributed by atoms with Gasteiger partial charge in [-0.25, -0.2) is 0 Å². The van der Waals surface area contributed by atoms with Crippen LogP contribution in [0.1, 0.15) is 44.3 Å². The third-order valence-corrected chi connectivity index (χ3v) is 4.69. The molecule has 17 heavy (non-hydrogen) atoms. The molecule has 0 aliphatic heterocycles. The molecule has 1 aromatic rings. The normalized spacial score (nSPS) is 26.8. The first kappa shape index (κ1) is 13.0. The second-order valence-electron chi connectivity index (χ2n) is 5.22. The van der Waals surface area contributed by atoms with Crippen molar-refractivity contribution < 1.29 is 5.11 Å². The van der Waals surface area contributed by atoms with Gasteiger partial charge in [0.15, 0.2) is 0 Å². The molecule has 3 atom stereocenters. The fourth-order valence-corrected chi connectivity index (χ4v) is 3.57. The number of hydrogen-bond acceptors (Lipinski definition) is 2. The van der Waals surface area contributed by atoms with Gasteiger partial charge in [-0.15, -0.1) is 11.8 Å². The Hall–Kier alpha value is -0.470. The molecule has 1 aromatic carbocycles. The first-order valence-electron chi connectivity index (χ1n) is 6.53. The lowest BCUT2D eigenvalue weighted by Crippen LogP contribution is -2.20. The standard InChI is InChI=1S/C15H22OS/c1-11-6-5-7-12(10-11)15(16)13-8-3-4-9-14(13)17-2/h3-4,8-9,11-12,15-16H,5-7,10H2,1-2H3. The Balaban J connectivity index is 2.15. The van der Waals surface area contributed by atoms with E-state index in [-0.39, 0.29) is 6.10 Å². The van der Waals surface area contributed by atoms with E-state index in [0.717, 1.165) is 11.5 Å². The van der Waals surface area contributed by atoms with Crippen LogP contribution in [0.3, 0.4) is 0 Å². The van der Waals surface area contributed by atoms with Gasteiger partial charge in [-0.3, -0.25) is 0 Å². The van der Waals surface area contributed by atoms with E-state index in [0.29, 0.717) is 5.92 Å². The third kappa shape index (κ3) is 3.05. The van der Waals surface area contributed by atoms with Crippen LogP contribution in [-0.2, 0) is 0 Å². The average Bonchev–Trinajstić information content (AvgIpc) is 2.38. The number of rotatable bonds is 3. The molecule has 1 saturated carbocycles. The Morgan fingerprint density at radius 1 is 1.29 bits per heavy atom. The Kier molecular flexibility index (Phi) is 4.52. The number of hydrogen-bond donors (Lipinski definition) is 1. The Morgan fingerprint density at radius 3 is 2.76 bits per heavy atom. The van der Waals surface area contributed by atoms with Gasteiger partial charge < -0.3 is 5.11 Å². The predicted molar refractivity (Wildman–Crippen MR) is 74.3 cm³/mol. The highest BCUT2D eigenvalue weighted by atomic mass is 32.2. The SMILES string of the molecule is CSc1ccccc1C(O)C1CCCC(C)C1. The molecule has 1 N–H and O–H groups in total. The second-order valence-corrected chi connectivity index (χ2v) is 6.07. The van der Waals surface area contributed by atoms with Crippen molar-refractivity contribution in [3.8, 4) is 0 Å². The third-order valence-electron chi connectivity index (χ3n) is 3.88. The first-order valence-corrected chi connectivity index (χ1v) is 7.76. The van der Waals surface area contributed by atoms with Gasteiger partial charge in [0.2, 0.25) is 0 Å². The van der Waals surface area contributed by atoms with Crippen molar-refractivity contribution in [2.75, 3.05) is 6.26 Å². The summed E-state index contributed by atoms with van der Waals surface area (Å²) in [6, 6.07) is 8.27. The minimum absolute atomic E-state index is 0.276. The highest BCUT2D eigenvalue weighted by molar-refractivity contribution is 7.98. The molecule has 0 heterocycles. The van der Waals surface area contributed by atoms with Gasteiger partial charge in [0.25, 0.3) is 0 Å². The number of thioether (sulfide) groups is 1. The molecule has 1 aliphatic rings. The lowest BCUT2D eigenvalue weighted by molar-refractivity contribution is 0.0694. The molecular weight excluding hydrogens is 228 g/mol. The molecule has 1 fully saturated rings. The predicted octanol–water partition coefficient (Wildman–Crippen LogP) is 4.27. The van der Waals surface area contributed by atoms with Crippen LogP contribution in [-0.4, -0.2) is 11.4 Å². The fourth-order valence-electron chi connectivity index (χ4n) is 2.93. The van der Waals surface area contributed by atoms with Crippen molar-refractivity contribution in [2.24, 2.45) is 11.8 Å². The summed E-state index contributed by atoms with van der Waals surface area (Å²) in [5, 5.41) is 10.6. The van der Waals surface area contributed by atoms with Gasteiger partial charge in [-0.2, -0.15) is 0 Å². The van der Waals surface area contributed by atoms with Gasteiger partial charge in [0.1, 0.15) is 0 Å². The van der Waals surface area contributed by atoms with Crippen LogP contribution in [0, 0.1) is 11.8 Å². The molecule has 2 heteroatoms. The van der Waals surface area contributed by atoms with E-state index in [1.165, 1.54) is 30.6 Å². The molecule has 0 aromatic heterocycles. The van der Waals surface area contributed by atoms with Crippen LogP contribution in [0.4, 0.5) is 0 Å². The summed E-state index contributed by atoms with van der Waals surface area (Å²) < 4.78 is 0. The maximum Gasteiger partial charge on any atom is 0.0829 e. The highest BCUT2D eigenvalue weighted by Crippen LogP contribution is 2.39. The highest BCUT2D eigenvalue weighted by Gasteiger charge is 2.27. The molecule has 3 unspecified atom stereocenters. The maximum absolute atomic E-state index is 10.6. The summed E-state index contributed by atoms with van der Waals surface area (Å²) in [6.45, 7) is 2.30. The topological polar surface area (TPSA) is 20.2 Å². The zero-order chi connectivity index (χ0) is 12.3. The van der Waals surface area contributed by atoms with Gasteiger partial charge in [-0.05, 0) is 42.6 Å². The number of aliphatic hydroxyl groups excluding tert-OH is 1. The van der Waals surface area contributed by atoms with Crippen LogP contribution < -0.4 is 0 Å². The smallest absolute Gasteiger partial charge is 0.0829 e. The van der Waals surface area contributed by atoms with Gasteiger partial charge in [-0.1, -0.05) is 38.0 Å². The summed E-state index contributed by atoms with van der Waals surface area (Å²) in [5.74, 6) is 1.22. The molecule has 0 bridgehead atoms. The number of benzene rings is 1. The average molecular weight is 250 g/mol. The molecule has 94 valence electrons. The largest absolute Gasteiger partial charge is 0.388 e. The quantitative estimate of drug-likeness (QED) is 0.808. The van der Waals surface area contributed by atoms with Crippen LogP contribution in [0.5, 0.6) is 0 Å². The maximum atomic E-state index is 10.6. The van der Waals surface area contributed by atoms with Gasteiger partial charge >= 0.3 is 0 Å². The zero-order valence-electron chi connectivity index (χ0n) is 10.7. The summed E-state index contributed by atoms with van der Waals surface area (Å²) in [4.78, 5) is 1.22. The lowest BCUT2D eigenvalue weighted by Gasteiger charge is -2.31. The van der Waals surface area contributed by atoms with E-state index in [1.807, 2.05) is 12.1 Å². The van der Waals surface area contributed by atoms with Crippen molar-refractivity contribution in [3.63, 3.8) is 0 Å². The Bertz CT molecular complexity index is 364. The fraction of sp³-hybridized carbons (Fsp3) is 0.600. The van der Waals surface area contributed by atoms with Crippen LogP contribution >= 0.6 is 11.8 Å². The van der Waals surface area contributed by atoms with Crippen LogP contribution in [0.15, 0.2) is 29.2 Å². The van der Waals surface area contributed by atoms with Crippen molar-refractivity contribution >= 4 is 11.8 Å². The van der Waals surface area contributed by atoms with Crippen molar-refractivity contribution in [2.45, 2.75) is 43.6 Å². The summed E-state index contributed by atoms with van der Waals surface area (Å²) in [6.07, 6.45) is 6.74. The van der Waals surface area contributed by atoms with E-state index in [1.54, 1.807) is 11.8 Å². The summed E-state index contributed by atoms with van der Waals surface area (Å²) >= 11 is 1.73. The zero-order valence-corrected chi connectivity index (χ0v) is 11.5. The minimum Gasteiger partial charge on any atom is -0.388 e. The summed E-state index contributed by atoms with van der Waals surface area (Å²) in [5.41, 5.74) is 1.12. The molecule has 0 radical (unpaired) electrons. The van der Waals surface area contributed by atoms with Crippen molar-refractivity contribution in [1.29, 1.82) is 0 Å². The van der Waals surface area contributed by atoms with E-state index < -0.39 is 0 Å². The van der Waals surface area contributed by atoms with Crippen LogP contribution in [0.2, 0.25) is 0 Å². The molecule has 1 nitrogen and oxygen atoms in total. The van der Waals surface area contributed by atoms with Crippen molar-refractivity contribution in [3.05, 3.63) is 29.8 Å². The molecule has 0 saturated heterocycles. The summed E-state index contributed by atoms with van der Waals surface area (Å²) in [7, 11) is 0. The minimum atomic E-state index is -0.276. The Labute approximate surface area is 109 Å². The van der Waals surface area contributed by atoms with E-state index in [2.05, 4.69) is 25.3 Å². The molecule has 2 rings (SSSR count). The van der Waals surface area contributed by atoms with Gasteiger partial charge in [0, 0.05) is 4.90 Å². The molecular formula is C15H22OS.